The lowest BCUT2D eigenvalue weighted by Crippen LogP contribution is -2.26. The van der Waals surface area contributed by atoms with Crippen LogP contribution in [0.1, 0.15) is 37.5 Å². The Bertz CT molecular complexity index is 596. The third-order valence-corrected chi connectivity index (χ3v) is 3.52. The fourth-order valence-corrected chi connectivity index (χ4v) is 2.27. The van der Waals surface area contributed by atoms with Crippen LogP contribution >= 0.6 is 0 Å². The molecule has 0 aliphatic heterocycles. The summed E-state index contributed by atoms with van der Waals surface area (Å²) in [5, 5.41) is 10.2. The number of aryl methyl sites for hydroxylation is 2. The van der Waals surface area contributed by atoms with E-state index in [1.165, 1.54) is 5.56 Å². The minimum absolute atomic E-state index is 0.0592. The van der Waals surface area contributed by atoms with Gasteiger partial charge in [0.1, 0.15) is 0 Å². The maximum absolute atomic E-state index is 12.0. The lowest BCUT2D eigenvalue weighted by molar-refractivity contribution is 0.155. The predicted molar refractivity (Wildman–Crippen MR) is 79.8 cm³/mol. The molecule has 1 N–H and O–H groups in total. The standard InChI is InChI=1S/C16H22N2O2/c1-3-9-17-10-11-18(16(17)20)12-15(19)14-7-5-13(4-2)6-8-14/h5-8,10-11,15,19H,3-4,9,12H2,1-2H3. The van der Waals surface area contributed by atoms with Crippen molar-refractivity contribution in [2.45, 2.75) is 45.9 Å². The third kappa shape index (κ3) is 3.20. The number of hydrogen-bond donors (Lipinski definition) is 1. The van der Waals surface area contributed by atoms with Crippen LogP contribution in [-0.4, -0.2) is 14.2 Å². The Morgan fingerprint density at radius 2 is 1.75 bits per heavy atom. The molecule has 2 rings (SSSR count). The van der Waals surface area contributed by atoms with Crippen LogP contribution in [0.3, 0.4) is 0 Å². The van der Waals surface area contributed by atoms with Crippen LogP contribution in [0.5, 0.6) is 0 Å². The Kier molecular flexibility index (Phi) is 4.79. The molecule has 1 atom stereocenters. The average molecular weight is 274 g/mol. The molecule has 4 nitrogen and oxygen atoms in total. The van der Waals surface area contributed by atoms with Crippen molar-refractivity contribution < 1.29 is 5.11 Å². The lowest BCUT2D eigenvalue weighted by atomic mass is 10.1. The van der Waals surface area contributed by atoms with Gasteiger partial charge >= 0.3 is 5.69 Å². The maximum atomic E-state index is 12.0. The highest BCUT2D eigenvalue weighted by Crippen LogP contribution is 2.15. The van der Waals surface area contributed by atoms with Gasteiger partial charge in [-0.05, 0) is 24.0 Å². The highest BCUT2D eigenvalue weighted by Gasteiger charge is 2.11. The molecule has 0 aliphatic carbocycles. The van der Waals surface area contributed by atoms with E-state index >= 15 is 0 Å². The zero-order chi connectivity index (χ0) is 14.5. The molecule has 1 aromatic heterocycles. The summed E-state index contributed by atoms with van der Waals surface area (Å²) in [6.45, 7) is 5.14. The number of benzene rings is 1. The molecule has 0 fully saturated rings. The van der Waals surface area contributed by atoms with Crippen molar-refractivity contribution in [3.63, 3.8) is 0 Å². The molecule has 4 heteroatoms. The van der Waals surface area contributed by atoms with E-state index in [9.17, 15) is 9.90 Å². The zero-order valence-corrected chi connectivity index (χ0v) is 12.1. The summed E-state index contributed by atoms with van der Waals surface area (Å²) in [5.74, 6) is 0. The molecule has 1 aromatic carbocycles. The Morgan fingerprint density at radius 1 is 1.10 bits per heavy atom. The molecule has 0 amide bonds. The van der Waals surface area contributed by atoms with E-state index in [2.05, 4.69) is 6.92 Å². The first-order valence-electron chi connectivity index (χ1n) is 7.18. The maximum Gasteiger partial charge on any atom is 0.328 e. The Balaban J connectivity index is 2.10. The molecule has 0 aliphatic rings. The largest absolute Gasteiger partial charge is 0.387 e. The van der Waals surface area contributed by atoms with E-state index in [4.69, 9.17) is 0 Å². The Morgan fingerprint density at radius 3 is 2.35 bits per heavy atom. The second-order valence-corrected chi connectivity index (χ2v) is 5.04. The van der Waals surface area contributed by atoms with Gasteiger partial charge in [0, 0.05) is 18.9 Å². The lowest BCUT2D eigenvalue weighted by Gasteiger charge is -2.11. The van der Waals surface area contributed by atoms with Crippen LogP contribution in [0.2, 0.25) is 0 Å². The number of aliphatic hydroxyl groups is 1. The van der Waals surface area contributed by atoms with Crippen LogP contribution in [-0.2, 0) is 19.5 Å². The highest BCUT2D eigenvalue weighted by molar-refractivity contribution is 5.24. The van der Waals surface area contributed by atoms with Gasteiger partial charge in [0.25, 0.3) is 0 Å². The minimum atomic E-state index is -0.656. The van der Waals surface area contributed by atoms with E-state index in [1.807, 2.05) is 31.2 Å². The van der Waals surface area contributed by atoms with E-state index in [0.717, 1.165) is 18.4 Å². The van der Waals surface area contributed by atoms with Crippen LogP contribution in [0.25, 0.3) is 0 Å². The number of aliphatic hydroxyl groups excluding tert-OH is 1. The fourth-order valence-electron chi connectivity index (χ4n) is 2.27. The van der Waals surface area contributed by atoms with Crippen LogP contribution in [0.15, 0.2) is 41.5 Å². The summed E-state index contributed by atoms with van der Waals surface area (Å²) in [6, 6.07) is 7.89. The molecule has 1 unspecified atom stereocenters. The first-order chi connectivity index (χ1) is 9.65. The smallest absolute Gasteiger partial charge is 0.328 e. The third-order valence-electron chi connectivity index (χ3n) is 3.52. The molecule has 0 saturated carbocycles. The van der Waals surface area contributed by atoms with Crippen LogP contribution in [0.4, 0.5) is 0 Å². The molecule has 2 aromatic rings. The normalized spacial score (nSPS) is 12.6. The van der Waals surface area contributed by atoms with Crippen molar-refractivity contribution in [1.82, 2.24) is 9.13 Å². The Hall–Kier alpha value is -1.81. The summed E-state index contributed by atoms with van der Waals surface area (Å²) in [4.78, 5) is 12.0. The number of hydrogen-bond acceptors (Lipinski definition) is 2. The fraction of sp³-hybridized carbons (Fsp3) is 0.438. The van der Waals surface area contributed by atoms with Gasteiger partial charge in [-0.1, -0.05) is 38.1 Å². The number of rotatable bonds is 6. The first kappa shape index (κ1) is 14.6. The summed E-state index contributed by atoms with van der Waals surface area (Å²) < 4.78 is 3.24. The van der Waals surface area contributed by atoms with E-state index in [-0.39, 0.29) is 5.69 Å². The summed E-state index contributed by atoms with van der Waals surface area (Å²) >= 11 is 0. The molecule has 108 valence electrons. The van der Waals surface area contributed by atoms with E-state index in [1.54, 1.807) is 21.5 Å². The van der Waals surface area contributed by atoms with Crippen molar-refractivity contribution in [2.24, 2.45) is 0 Å². The second kappa shape index (κ2) is 6.57. The van der Waals surface area contributed by atoms with Gasteiger partial charge in [0.15, 0.2) is 0 Å². The molecule has 0 spiro atoms. The highest BCUT2D eigenvalue weighted by atomic mass is 16.3. The van der Waals surface area contributed by atoms with Gasteiger partial charge in [-0.3, -0.25) is 9.13 Å². The van der Waals surface area contributed by atoms with Gasteiger partial charge in [-0.15, -0.1) is 0 Å². The van der Waals surface area contributed by atoms with Crippen molar-refractivity contribution in [3.05, 3.63) is 58.3 Å². The van der Waals surface area contributed by atoms with Crippen molar-refractivity contribution >= 4 is 0 Å². The van der Waals surface area contributed by atoms with Gasteiger partial charge in [-0.25, -0.2) is 4.79 Å². The molecule has 1 heterocycles. The van der Waals surface area contributed by atoms with E-state index < -0.39 is 6.10 Å². The second-order valence-electron chi connectivity index (χ2n) is 5.04. The molecule has 0 bridgehead atoms. The SMILES string of the molecule is CCCn1ccn(CC(O)c2ccc(CC)cc2)c1=O. The summed E-state index contributed by atoms with van der Waals surface area (Å²) in [5.41, 5.74) is 2.03. The van der Waals surface area contributed by atoms with Gasteiger partial charge < -0.3 is 5.11 Å². The topological polar surface area (TPSA) is 47.2 Å². The zero-order valence-electron chi connectivity index (χ0n) is 12.1. The molecular weight excluding hydrogens is 252 g/mol. The van der Waals surface area contributed by atoms with E-state index in [0.29, 0.717) is 13.1 Å². The molecule has 0 saturated heterocycles. The van der Waals surface area contributed by atoms with Gasteiger partial charge in [-0.2, -0.15) is 0 Å². The minimum Gasteiger partial charge on any atom is -0.387 e. The predicted octanol–water partition coefficient (Wildman–Crippen LogP) is 2.36. The summed E-state index contributed by atoms with van der Waals surface area (Å²) in [6.07, 6.45) is 4.76. The first-order valence-corrected chi connectivity index (χ1v) is 7.18. The van der Waals surface area contributed by atoms with Crippen molar-refractivity contribution in [2.75, 3.05) is 0 Å². The number of nitrogens with zero attached hydrogens (tertiary/aromatic N) is 2. The Labute approximate surface area is 119 Å². The van der Waals surface area contributed by atoms with Crippen LogP contribution < -0.4 is 5.69 Å². The molecule has 0 radical (unpaired) electrons. The monoisotopic (exact) mass is 274 g/mol. The molecular formula is C16H22N2O2. The van der Waals surface area contributed by atoms with Gasteiger partial charge in [0.05, 0.1) is 12.6 Å². The number of aromatic nitrogens is 2. The van der Waals surface area contributed by atoms with Gasteiger partial charge in [0.2, 0.25) is 0 Å². The summed E-state index contributed by atoms with van der Waals surface area (Å²) in [7, 11) is 0. The van der Waals surface area contributed by atoms with Crippen molar-refractivity contribution in [3.8, 4) is 0 Å². The quantitative estimate of drug-likeness (QED) is 0.879. The van der Waals surface area contributed by atoms with Crippen molar-refractivity contribution in [1.29, 1.82) is 0 Å². The van der Waals surface area contributed by atoms with Crippen LogP contribution in [0, 0.1) is 0 Å². The average Bonchev–Trinajstić information content (AvgIpc) is 2.81. The number of imidazole rings is 1. The molecule has 20 heavy (non-hydrogen) atoms.